The lowest BCUT2D eigenvalue weighted by Gasteiger charge is -2.01. The summed E-state index contributed by atoms with van der Waals surface area (Å²) >= 11 is 0. The lowest BCUT2D eigenvalue weighted by Crippen LogP contribution is -2.11. The minimum absolute atomic E-state index is 0.135. The minimum Gasteiger partial charge on any atom is -0.497 e. The highest BCUT2D eigenvalue weighted by Crippen LogP contribution is 2.13. The largest absolute Gasteiger partial charge is 0.497 e. The highest BCUT2D eigenvalue weighted by Gasteiger charge is 2.07. The minimum atomic E-state index is -0.597. The molecule has 16 heavy (non-hydrogen) atoms. The van der Waals surface area contributed by atoms with Gasteiger partial charge in [0.2, 0.25) is 0 Å². The van der Waals surface area contributed by atoms with Crippen LogP contribution in [0.15, 0.2) is 30.5 Å². The Morgan fingerprint density at radius 1 is 1.38 bits per heavy atom. The normalized spacial score (nSPS) is 10.1. The SMILES string of the molecule is COc1ccc(-n2cc(C(N)=O)nn2)cc1. The van der Waals surface area contributed by atoms with Crippen molar-refractivity contribution in [1.82, 2.24) is 15.0 Å². The number of rotatable bonds is 3. The van der Waals surface area contributed by atoms with Crippen LogP contribution < -0.4 is 10.5 Å². The number of carbonyl (C=O) groups excluding carboxylic acids is 1. The van der Waals surface area contributed by atoms with Crippen molar-refractivity contribution in [1.29, 1.82) is 0 Å². The standard InChI is InChI=1S/C10H10N4O2/c1-16-8-4-2-7(3-5-8)14-6-9(10(11)15)12-13-14/h2-6H,1H3,(H2,11,15). The fourth-order valence-electron chi connectivity index (χ4n) is 1.24. The van der Waals surface area contributed by atoms with Gasteiger partial charge in [-0.25, -0.2) is 4.68 Å². The Morgan fingerprint density at radius 3 is 2.56 bits per heavy atom. The molecule has 0 saturated carbocycles. The number of hydrogen-bond acceptors (Lipinski definition) is 4. The molecule has 0 bridgehead atoms. The van der Waals surface area contributed by atoms with Crippen molar-refractivity contribution in [2.75, 3.05) is 7.11 Å². The fraction of sp³-hybridized carbons (Fsp3) is 0.100. The quantitative estimate of drug-likeness (QED) is 0.807. The van der Waals surface area contributed by atoms with E-state index in [1.807, 2.05) is 0 Å². The number of aromatic nitrogens is 3. The molecule has 0 radical (unpaired) electrons. The monoisotopic (exact) mass is 218 g/mol. The molecule has 2 N–H and O–H groups in total. The van der Waals surface area contributed by atoms with Gasteiger partial charge in [0.1, 0.15) is 5.75 Å². The smallest absolute Gasteiger partial charge is 0.270 e. The maximum absolute atomic E-state index is 10.8. The van der Waals surface area contributed by atoms with Crippen LogP contribution in [-0.4, -0.2) is 28.0 Å². The molecule has 0 fully saturated rings. The van der Waals surface area contributed by atoms with E-state index in [2.05, 4.69) is 10.3 Å². The Hall–Kier alpha value is -2.37. The molecule has 0 aliphatic heterocycles. The van der Waals surface area contributed by atoms with Crippen molar-refractivity contribution in [3.8, 4) is 11.4 Å². The molecule has 0 atom stereocenters. The molecular formula is C10H10N4O2. The van der Waals surface area contributed by atoms with Crippen LogP contribution in [0.2, 0.25) is 0 Å². The summed E-state index contributed by atoms with van der Waals surface area (Å²) in [5, 5.41) is 7.43. The fourth-order valence-corrected chi connectivity index (χ4v) is 1.24. The molecular weight excluding hydrogens is 208 g/mol. The highest BCUT2D eigenvalue weighted by molar-refractivity contribution is 5.90. The molecule has 6 heteroatoms. The lowest BCUT2D eigenvalue weighted by molar-refractivity contribution is 0.0995. The van der Waals surface area contributed by atoms with Gasteiger partial charge in [-0.3, -0.25) is 4.79 Å². The first-order valence-electron chi connectivity index (χ1n) is 4.57. The van der Waals surface area contributed by atoms with Gasteiger partial charge in [0, 0.05) is 0 Å². The summed E-state index contributed by atoms with van der Waals surface area (Å²) in [5.41, 5.74) is 5.99. The van der Waals surface area contributed by atoms with E-state index in [1.54, 1.807) is 31.4 Å². The number of benzene rings is 1. The summed E-state index contributed by atoms with van der Waals surface area (Å²) in [5.74, 6) is 0.152. The maximum Gasteiger partial charge on any atom is 0.270 e. The average molecular weight is 218 g/mol. The van der Waals surface area contributed by atoms with E-state index in [1.165, 1.54) is 10.9 Å². The van der Waals surface area contributed by atoms with Crippen LogP contribution in [0, 0.1) is 0 Å². The van der Waals surface area contributed by atoms with E-state index < -0.39 is 5.91 Å². The van der Waals surface area contributed by atoms with Crippen LogP contribution in [0.5, 0.6) is 5.75 Å². The summed E-state index contributed by atoms with van der Waals surface area (Å²) in [6, 6.07) is 7.19. The molecule has 1 aromatic carbocycles. The highest BCUT2D eigenvalue weighted by atomic mass is 16.5. The maximum atomic E-state index is 10.8. The molecule has 1 heterocycles. The summed E-state index contributed by atoms with van der Waals surface area (Å²) in [4.78, 5) is 10.8. The second-order valence-corrected chi connectivity index (χ2v) is 3.11. The molecule has 0 unspecified atom stereocenters. The molecule has 1 amide bonds. The lowest BCUT2D eigenvalue weighted by atomic mass is 10.3. The first kappa shape index (κ1) is 10.2. The molecule has 0 saturated heterocycles. The van der Waals surface area contributed by atoms with Crippen molar-refractivity contribution >= 4 is 5.91 Å². The summed E-state index contributed by atoms with van der Waals surface area (Å²) in [6.07, 6.45) is 1.48. The van der Waals surface area contributed by atoms with Gasteiger partial charge < -0.3 is 10.5 Å². The van der Waals surface area contributed by atoms with Gasteiger partial charge in [-0.05, 0) is 24.3 Å². The van der Waals surface area contributed by atoms with E-state index in [0.717, 1.165) is 11.4 Å². The van der Waals surface area contributed by atoms with Crippen LogP contribution in [0.4, 0.5) is 0 Å². The van der Waals surface area contributed by atoms with Crippen molar-refractivity contribution < 1.29 is 9.53 Å². The van der Waals surface area contributed by atoms with Gasteiger partial charge in [-0.15, -0.1) is 5.10 Å². The zero-order valence-electron chi connectivity index (χ0n) is 8.62. The number of hydrogen-bond donors (Lipinski definition) is 1. The molecule has 6 nitrogen and oxygen atoms in total. The van der Waals surface area contributed by atoms with E-state index in [4.69, 9.17) is 10.5 Å². The van der Waals surface area contributed by atoms with Crippen LogP contribution in [0.25, 0.3) is 5.69 Å². The topological polar surface area (TPSA) is 83.0 Å². The van der Waals surface area contributed by atoms with Crippen LogP contribution in [0.3, 0.4) is 0 Å². The second-order valence-electron chi connectivity index (χ2n) is 3.11. The predicted molar refractivity (Wildman–Crippen MR) is 56.4 cm³/mol. The Morgan fingerprint density at radius 2 is 2.06 bits per heavy atom. The molecule has 0 spiro atoms. The summed E-state index contributed by atoms with van der Waals surface area (Å²) in [7, 11) is 1.59. The number of methoxy groups -OCH3 is 1. The first-order chi connectivity index (χ1) is 7.70. The average Bonchev–Trinajstić information content (AvgIpc) is 2.78. The Balaban J connectivity index is 2.31. The van der Waals surface area contributed by atoms with Crippen molar-refractivity contribution in [2.24, 2.45) is 5.73 Å². The van der Waals surface area contributed by atoms with Crippen molar-refractivity contribution in [3.05, 3.63) is 36.2 Å². The molecule has 2 aromatic rings. The van der Waals surface area contributed by atoms with Gasteiger partial charge in [0.25, 0.3) is 5.91 Å². The molecule has 1 aromatic heterocycles. The Labute approximate surface area is 91.6 Å². The van der Waals surface area contributed by atoms with Crippen molar-refractivity contribution in [2.45, 2.75) is 0 Å². The molecule has 0 aliphatic carbocycles. The van der Waals surface area contributed by atoms with Gasteiger partial charge in [-0.2, -0.15) is 0 Å². The second kappa shape index (κ2) is 4.01. The van der Waals surface area contributed by atoms with E-state index in [9.17, 15) is 4.79 Å². The van der Waals surface area contributed by atoms with E-state index >= 15 is 0 Å². The van der Waals surface area contributed by atoms with Gasteiger partial charge in [-0.1, -0.05) is 5.21 Å². The molecule has 2 rings (SSSR count). The van der Waals surface area contributed by atoms with Gasteiger partial charge >= 0.3 is 0 Å². The third-order valence-corrected chi connectivity index (χ3v) is 2.08. The molecule has 82 valence electrons. The number of nitrogens with two attached hydrogens (primary N) is 1. The van der Waals surface area contributed by atoms with Crippen molar-refractivity contribution in [3.63, 3.8) is 0 Å². The van der Waals surface area contributed by atoms with Gasteiger partial charge in [0.05, 0.1) is 19.0 Å². The van der Waals surface area contributed by atoms with Gasteiger partial charge in [0.15, 0.2) is 5.69 Å². The first-order valence-corrected chi connectivity index (χ1v) is 4.57. The van der Waals surface area contributed by atoms with Crippen LogP contribution in [0.1, 0.15) is 10.5 Å². The zero-order valence-corrected chi connectivity index (χ0v) is 8.62. The number of ether oxygens (including phenoxy) is 1. The Bertz CT molecular complexity index is 504. The predicted octanol–water partition coefficient (Wildman–Crippen LogP) is 0.375. The zero-order chi connectivity index (χ0) is 11.5. The van der Waals surface area contributed by atoms with Crippen LogP contribution in [-0.2, 0) is 0 Å². The third kappa shape index (κ3) is 1.85. The Kier molecular flexibility index (Phi) is 2.55. The number of nitrogens with zero attached hydrogens (tertiary/aromatic N) is 3. The summed E-state index contributed by atoms with van der Waals surface area (Å²) < 4.78 is 6.50. The molecule has 0 aliphatic rings. The van der Waals surface area contributed by atoms with E-state index in [-0.39, 0.29) is 5.69 Å². The van der Waals surface area contributed by atoms with E-state index in [0.29, 0.717) is 0 Å². The third-order valence-electron chi connectivity index (χ3n) is 2.08. The summed E-state index contributed by atoms with van der Waals surface area (Å²) in [6.45, 7) is 0. The van der Waals surface area contributed by atoms with Crippen LogP contribution >= 0.6 is 0 Å². The number of carbonyl (C=O) groups is 1. The number of primary amides is 1. The number of amides is 1.